The molecule has 1 saturated carbocycles. The van der Waals surface area contributed by atoms with Gasteiger partial charge in [0.25, 0.3) is 0 Å². The van der Waals surface area contributed by atoms with Gasteiger partial charge in [0, 0.05) is 19.4 Å². The Morgan fingerprint density at radius 1 is 1.26 bits per heavy atom. The zero-order chi connectivity index (χ0) is 19.9. The molecule has 1 unspecified atom stereocenters. The van der Waals surface area contributed by atoms with Crippen LogP contribution in [0.1, 0.15) is 38.5 Å². The Bertz CT molecular complexity index is 804. The molecule has 0 aromatic heterocycles. The van der Waals surface area contributed by atoms with Gasteiger partial charge in [-0.25, -0.2) is 17.8 Å². The molecule has 2 atom stereocenters. The summed E-state index contributed by atoms with van der Waals surface area (Å²) in [7, 11) is -2.00. The van der Waals surface area contributed by atoms with Crippen molar-refractivity contribution in [3.8, 4) is 5.75 Å². The van der Waals surface area contributed by atoms with Crippen molar-refractivity contribution in [1.29, 1.82) is 4.78 Å². The van der Waals surface area contributed by atoms with Gasteiger partial charge >= 0.3 is 0 Å². The first-order valence-electron chi connectivity index (χ1n) is 9.02. The lowest BCUT2D eigenvalue weighted by Crippen LogP contribution is -2.61. The van der Waals surface area contributed by atoms with Gasteiger partial charge in [0.2, 0.25) is 11.8 Å². The van der Waals surface area contributed by atoms with Crippen LogP contribution in [0.15, 0.2) is 29.2 Å². The third-order valence-corrected chi connectivity index (χ3v) is 7.91. The van der Waals surface area contributed by atoms with E-state index in [0.717, 1.165) is 0 Å². The number of nitrogens with one attached hydrogen (secondary N) is 1. The van der Waals surface area contributed by atoms with Crippen molar-refractivity contribution >= 4 is 15.8 Å². The molecule has 1 amide bonds. The molecule has 150 valence electrons. The van der Waals surface area contributed by atoms with E-state index in [1.165, 1.54) is 23.5 Å². The zero-order valence-electron chi connectivity index (χ0n) is 15.2. The molecular weight excluding hydrogens is 376 g/mol. The first-order chi connectivity index (χ1) is 12.6. The van der Waals surface area contributed by atoms with Gasteiger partial charge in [-0.2, -0.15) is 4.31 Å². The molecule has 1 aromatic rings. The Hall–Kier alpha value is -1.74. The minimum absolute atomic E-state index is 0.130. The van der Waals surface area contributed by atoms with E-state index in [4.69, 9.17) is 15.3 Å². The molecule has 1 saturated heterocycles. The van der Waals surface area contributed by atoms with Crippen molar-refractivity contribution in [2.75, 3.05) is 13.7 Å². The molecule has 3 rings (SSSR count). The van der Waals surface area contributed by atoms with E-state index < -0.39 is 33.2 Å². The van der Waals surface area contributed by atoms with E-state index in [1.54, 1.807) is 12.1 Å². The Labute approximate surface area is 158 Å². The second-order valence-electron chi connectivity index (χ2n) is 7.33. The fourth-order valence-electron chi connectivity index (χ4n) is 4.43. The van der Waals surface area contributed by atoms with Gasteiger partial charge in [0.05, 0.1) is 12.0 Å². The molecular formula is C18H25F2N3O3S. The molecule has 6 nitrogen and oxygen atoms in total. The van der Waals surface area contributed by atoms with Crippen LogP contribution in [0.4, 0.5) is 8.78 Å². The summed E-state index contributed by atoms with van der Waals surface area (Å²) < 4.78 is 55.8. The summed E-state index contributed by atoms with van der Waals surface area (Å²) >= 11 is 0. The summed E-state index contributed by atoms with van der Waals surface area (Å²) in [5.41, 5.74) is 4.42. The van der Waals surface area contributed by atoms with Crippen molar-refractivity contribution in [2.24, 2.45) is 11.7 Å². The molecule has 1 heterocycles. The highest BCUT2D eigenvalue weighted by Crippen LogP contribution is 2.48. The molecule has 3 N–H and O–H groups in total. The van der Waals surface area contributed by atoms with Crippen molar-refractivity contribution in [1.82, 2.24) is 4.31 Å². The molecule has 1 aromatic carbocycles. The van der Waals surface area contributed by atoms with Crippen molar-refractivity contribution in [3.63, 3.8) is 0 Å². The number of nitrogens with two attached hydrogens (primary N) is 1. The number of alkyl halides is 2. The van der Waals surface area contributed by atoms with Crippen LogP contribution in [0.5, 0.6) is 5.75 Å². The molecule has 1 aliphatic carbocycles. The number of hydrogen-bond donors (Lipinski definition) is 2. The topological polar surface area (TPSA) is 96.5 Å². The van der Waals surface area contributed by atoms with E-state index >= 15 is 0 Å². The summed E-state index contributed by atoms with van der Waals surface area (Å²) in [6.45, 7) is 0.268. The van der Waals surface area contributed by atoms with Crippen LogP contribution >= 0.6 is 0 Å². The second kappa shape index (κ2) is 7.01. The summed E-state index contributed by atoms with van der Waals surface area (Å²) in [6.07, 6.45) is 0.506. The van der Waals surface area contributed by atoms with Crippen molar-refractivity contribution in [3.05, 3.63) is 24.3 Å². The van der Waals surface area contributed by atoms with Crippen LogP contribution in [-0.2, 0) is 14.7 Å². The van der Waals surface area contributed by atoms with E-state index in [2.05, 4.69) is 0 Å². The maximum absolute atomic E-state index is 13.6. The summed E-state index contributed by atoms with van der Waals surface area (Å²) in [5.74, 6) is -3.28. The van der Waals surface area contributed by atoms with Crippen LogP contribution < -0.4 is 10.5 Å². The average molecular weight is 401 g/mol. The van der Waals surface area contributed by atoms with Gasteiger partial charge in [-0.3, -0.25) is 4.79 Å². The second-order valence-corrected chi connectivity index (χ2v) is 9.29. The van der Waals surface area contributed by atoms with Crippen molar-refractivity contribution in [2.45, 2.75) is 54.9 Å². The lowest BCUT2D eigenvalue weighted by Gasteiger charge is -2.44. The van der Waals surface area contributed by atoms with E-state index in [1.807, 2.05) is 0 Å². The maximum Gasteiger partial charge on any atom is 0.248 e. The third-order valence-electron chi connectivity index (χ3n) is 5.87. The number of benzene rings is 1. The van der Waals surface area contributed by atoms with E-state index in [-0.39, 0.29) is 37.1 Å². The molecule has 2 aliphatic rings. The van der Waals surface area contributed by atoms with Gasteiger partial charge in [-0.05, 0) is 55.9 Å². The minimum atomic E-state index is -3.50. The quantitative estimate of drug-likeness (QED) is 0.793. The smallest absolute Gasteiger partial charge is 0.248 e. The number of primary amides is 1. The molecule has 0 spiro atoms. The Kier molecular flexibility index (Phi) is 5.20. The number of nitrogens with zero attached hydrogens (tertiary/aromatic N) is 1. The lowest BCUT2D eigenvalue weighted by atomic mass is 9.72. The Morgan fingerprint density at radius 3 is 2.37 bits per heavy atom. The van der Waals surface area contributed by atoms with Gasteiger partial charge in [-0.15, -0.1) is 0 Å². The van der Waals surface area contributed by atoms with Gasteiger partial charge in [-0.1, -0.05) is 0 Å². The third kappa shape index (κ3) is 3.42. The fraction of sp³-hybridized carbons (Fsp3) is 0.611. The summed E-state index contributed by atoms with van der Waals surface area (Å²) in [6, 6.07) is 6.28. The van der Waals surface area contributed by atoms with Crippen LogP contribution in [-0.4, -0.2) is 39.5 Å². The highest BCUT2D eigenvalue weighted by Gasteiger charge is 2.57. The van der Waals surface area contributed by atoms with Gasteiger partial charge < -0.3 is 10.5 Å². The number of amides is 1. The molecule has 0 radical (unpaired) electrons. The monoisotopic (exact) mass is 401 g/mol. The molecule has 1 aliphatic heterocycles. The first kappa shape index (κ1) is 20.0. The number of hydrogen-bond acceptors (Lipinski definition) is 4. The van der Waals surface area contributed by atoms with Gasteiger partial charge in [0.1, 0.15) is 21.2 Å². The first-order valence-corrected chi connectivity index (χ1v) is 10.5. The van der Waals surface area contributed by atoms with Crippen LogP contribution in [0.3, 0.4) is 0 Å². The summed E-state index contributed by atoms with van der Waals surface area (Å²) in [5, 5.41) is 0. The Morgan fingerprint density at radius 2 is 1.85 bits per heavy atom. The molecule has 27 heavy (non-hydrogen) atoms. The SMILES string of the molecule is COc1ccc([S@](=N)(=O)N2CCCC2(C(N)=O)C2CCC(F)(F)CC2)cc1. The van der Waals surface area contributed by atoms with Crippen molar-refractivity contribution < 1.29 is 22.5 Å². The van der Waals surface area contributed by atoms with E-state index in [0.29, 0.717) is 18.6 Å². The number of rotatable bonds is 5. The average Bonchev–Trinajstić information content (AvgIpc) is 3.09. The highest BCUT2D eigenvalue weighted by atomic mass is 32.2. The standard InChI is InChI=1S/C18H25F2N3O3S/c1-26-14-3-5-15(6-4-14)27(22,25)23-12-2-9-18(23,16(21)24)13-7-10-17(19,20)11-8-13/h3-6,13,22H,2,7-12H2,1H3,(H2,21,24)/t18?,27-/m1/s1. The molecule has 2 fully saturated rings. The van der Waals surface area contributed by atoms with Crippen LogP contribution in [0, 0.1) is 10.7 Å². The van der Waals surface area contributed by atoms with Crippen LogP contribution in [0.25, 0.3) is 0 Å². The fourth-order valence-corrected chi connectivity index (χ4v) is 6.37. The zero-order valence-corrected chi connectivity index (χ0v) is 16.1. The van der Waals surface area contributed by atoms with Crippen LogP contribution in [0.2, 0.25) is 0 Å². The predicted molar refractivity (Wildman–Crippen MR) is 96.9 cm³/mol. The summed E-state index contributed by atoms with van der Waals surface area (Å²) in [4.78, 5) is 12.8. The number of halogens is 2. The maximum atomic E-state index is 13.6. The molecule has 9 heteroatoms. The number of carbonyl (C=O) groups is 1. The predicted octanol–water partition coefficient (Wildman–Crippen LogP) is 3.16. The largest absolute Gasteiger partial charge is 0.497 e. The molecule has 0 bridgehead atoms. The minimum Gasteiger partial charge on any atom is -0.497 e. The number of ether oxygens (including phenoxy) is 1. The normalized spacial score (nSPS) is 28.6. The van der Waals surface area contributed by atoms with Gasteiger partial charge in [0.15, 0.2) is 0 Å². The Balaban J connectivity index is 1.98. The number of carbonyl (C=O) groups excluding carboxylic acids is 1. The number of methoxy groups -OCH3 is 1. The van der Waals surface area contributed by atoms with E-state index in [9.17, 15) is 17.8 Å². The highest BCUT2D eigenvalue weighted by molar-refractivity contribution is 7.90. The lowest BCUT2D eigenvalue weighted by molar-refractivity contribution is -0.132.